The third-order valence-corrected chi connectivity index (χ3v) is 1.74. The minimum atomic E-state index is -0.277. The molecular weight excluding hydrogens is 190 g/mol. The fraction of sp³-hybridized carbons (Fsp3) is 0.286. The van der Waals surface area contributed by atoms with Gasteiger partial charge in [-0.3, -0.25) is 4.52 Å². The van der Waals surface area contributed by atoms with E-state index in [9.17, 15) is 4.79 Å². The van der Waals surface area contributed by atoms with Crippen molar-refractivity contribution in [2.45, 2.75) is 6.42 Å². The van der Waals surface area contributed by atoms with Crippen LogP contribution in [-0.2, 0) is 6.42 Å². The Labute approximate surface area is 80.6 Å². The van der Waals surface area contributed by atoms with Gasteiger partial charge in [-0.15, -0.1) is 6.58 Å². The summed E-state index contributed by atoms with van der Waals surface area (Å²) >= 11 is 3.83. The number of allylic oxidation sites excluding steroid dienone is 1. The number of nitrogen functional groups attached to an aromatic ring is 1. The van der Waals surface area contributed by atoms with Crippen LogP contribution in [0.2, 0.25) is 0 Å². The van der Waals surface area contributed by atoms with E-state index in [1.165, 1.54) is 0 Å². The van der Waals surface area contributed by atoms with Crippen LogP contribution in [-0.4, -0.2) is 16.9 Å². The van der Waals surface area contributed by atoms with E-state index in [4.69, 9.17) is 5.73 Å². The van der Waals surface area contributed by atoms with E-state index < -0.39 is 0 Å². The lowest BCUT2D eigenvalue weighted by Gasteiger charge is -1.85. The molecule has 0 aromatic carbocycles. The molecule has 13 heavy (non-hydrogen) atoms. The van der Waals surface area contributed by atoms with Crippen LogP contribution in [0.5, 0.6) is 0 Å². The molecule has 0 saturated heterocycles. The summed E-state index contributed by atoms with van der Waals surface area (Å²) in [7, 11) is 0. The van der Waals surface area contributed by atoms with Gasteiger partial charge >= 0.3 is 5.91 Å². The second-order valence-corrected chi connectivity index (χ2v) is 2.66. The minimum absolute atomic E-state index is 0.0563. The van der Waals surface area contributed by atoms with E-state index in [0.29, 0.717) is 12.1 Å². The molecule has 0 aliphatic carbocycles. The number of aromatic nitrogens is 2. The summed E-state index contributed by atoms with van der Waals surface area (Å²) in [6.45, 7) is 3.53. The van der Waals surface area contributed by atoms with Gasteiger partial charge in [-0.25, -0.2) is 4.79 Å². The predicted octanol–water partition coefficient (Wildman–Crippen LogP) is -0.157. The SMILES string of the molecule is C=CCc1c(N)on[n+]1C(=O)CS. The van der Waals surface area contributed by atoms with Crippen LogP contribution >= 0.6 is 12.6 Å². The summed E-state index contributed by atoms with van der Waals surface area (Å²) in [4.78, 5) is 11.2. The van der Waals surface area contributed by atoms with Crippen LogP contribution in [0.3, 0.4) is 0 Å². The van der Waals surface area contributed by atoms with Gasteiger partial charge in [0.1, 0.15) is 5.75 Å². The van der Waals surface area contributed by atoms with Crippen LogP contribution in [0.4, 0.5) is 5.88 Å². The second-order valence-electron chi connectivity index (χ2n) is 2.34. The lowest BCUT2D eigenvalue weighted by atomic mass is 10.3. The Balaban J connectivity index is 3.06. The summed E-state index contributed by atoms with van der Waals surface area (Å²) in [6, 6.07) is 0. The quantitative estimate of drug-likeness (QED) is 0.404. The molecule has 0 amide bonds. The smallest absolute Gasteiger partial charge is 0.362 e. The maximum Gasteiger partial charge on any atom is 0.429 e. The van der Waals surface area contributed by atoms with E-state index in [1.807, 2.05) is 0 Å². The van der Waals surface area contributed by atoms with E-state index in [1.54, 1.807) is 6.08 Å². The van der Waals surface area contributed by atoms with Gasteiger partial charge in [0.15, 0.2) is 0 Å². The first-order valence-electron chi connectivity index (χ1n) is 3.62. The average molecular weight is 200 g/mol. The molecule has 0 radical (unpaired) electrons. The van der Waals surface area contributed by atoms with Crippen LogP contribution in [0.15, 0.2) is 17.2 Å². The summed E-state index contributed by atoms with van der Waals surface area (Å²) in [5.74, 6) is -0.0866. The largest absolute Gasteiger partial charge is 0.429 e. The number of rotatable bonds is 3. The number of thiol groups is 1. The number of hydrogen-bond donors (Lipinski definition) is 2. The molecule has 0 atom stereocenters. The molecule has 6 heteroatoms. The molecule has 0 fully saturated rings. The molecule has 1 aromatic heterocycles. The number of hydrogen-bond acceptors (Lipinski definition) is 5. The second kappa shape index (κ2) is 4.08. The molecule has 0 unspecified atom stereocenters. The number of nitrogens with two attached hydrogens (primary N) is 1. The third kappa shape index (κ3) is 1.89. The number of nitrogens with zero attached hydrogens (tertiary/aromatic N) is 2. The molecule has 1 aromatic rings. The standard InChI is InChI=1S/C7H9N3O2S/c1-2-3-5-7(8)12-9-10(5)6(11)4-13/h2H,1,3-4,8H2/p+1. The lowest BCUT2D eigenvalue weighted by Crippen LogP contribution is -2.48. The van der Waals surface area contributed by atoms with Crippen molar-refractivity contribution >= 4 is 24.4 Å². The zero-order valence-electron chi connectivity index (χ0n) is 6.93. The highest BCUT2D eigenvalue weighted by atomic mass is 32.1. The highest BCUT2D eigenvalue weighted by Gasteiger charge is 2.27. The van der Waals surface area contributed by atoms with Crippen molar-refractivity contribution in [2.75, 3.05) is 11.5 Å². The predicted molar refractivity (Wildman–Crippen MR) is 49.5 cm³/mol. The maximum absolute atomic E-state index is 11.2. The van der Waals surface area contributed by atoms with Crippen molar-refractivity contribution in [1.82, 2.24) is 5.27 Å². The maximum atomic E-state index is 11.2. The van der Waals surface area contributed by atoms with Crippen molar-refractivity contribution in [3.63, 3.8) is 0 Å². The average Bonchev–Trinajstić information content (AvgIpc) is 2.48. The molecular formula is C7H10N3O2S+. The van der Waals surface area contributed by atoms with Crippen molar-refractivity contribution in [2.24, 2.45) is 0 Å². The van der Waals surface area contributed by atoms with Crippen LogP contribution < -0.4 is 10.4 Å². The van der Waals surface area contributed by atoms with Crippen molar-refractivity contribution < 1.29 is 14.0 Å². The Kier molecular flexibility index (Phi) is 3.07. The molecule has 0 aliphatic heterocycles. The van der Waals surface area contributed by atoms with Gasteiger partial charge in [-0.05, 0) is 0 Å². The number of carbonyl (C=O) groups excluding carboxylic acids is 1. The molecule has 0 aliphatic rings. The highest BCUT2D eigenvalue weighted by molar-refractivity contribution is 7.81. The Bertz CT molecular complexity index is 334. The first kappa shape index (κ1) is 9.79. The molecule has 1 rings (SSSR count). The van der Waals surface area contributed by atoms with Gasteiger partial charge < -0.3 is 5.73 Å². The Morgan fingerprint density at radius 2 is 2.54 bits per heavy atom. The van der Waals surface area contributed by atoms with Gasteiger partial charge in [0.25, 0.3) is 11.6 Å². The number of carbonyl (C=O) groups is 1. The molecule has 0 saturated carbocycles. The first-order valence-corrected chi connectivity index (χ1v) is 4.25. The van der Waals surface area contributed by atoms with Crippen molar-refractivity contribution in [3.8, 4) is 0 Å². The van der Waals surface area contributed by atoms with Crippen molar-refractivity contribution in [3.05, 3.63) is 18.3 Å². The third-order valence-electron chi connectivity index (χ3n) is 1.47. The fourth-order valence-electron chi connectivity index (χ4n) is 0.878. The molecule has 1 heterocycles. The fourth-order valence-corrected chi connectivity index (χ4v) is 1.01. The molecule has 5 nitrogen and oxygen atoms in total. The van der Waals surface area contributed by atoms with Crippen LogP contribution in [0.25, 0.3) is 0 Å². The van der Waals surface area contributed by atoms with Crippen molar-refractivity contribution in [1.29, 1.82) is 0 Å². The summed E-state index contributed by atoms with van der Waals surface area (Å²) in [6.07, 6.45) is 2.06. The normalized spacial score (nSPS) is 9.92. The summed E-state index contributed by atoms with van der Waals surface area (Å²) in [5.41, 5.74) is 5.95. The zero-order valence-corrected chi connectivity index (χ0v) is 7.83. The van der Waals surface area contributed by atoms with E-state index in [0.717, 1.165) is 4.68 Å². The Morgan fingerprint density at radius 3 is 3.08 bits per heavy atom. The van der Waals surface area contributed by atoms with E-state index in [2.05, 4.69) is 29.0 Å². The van der Waals surface area contributed by atoms with Gasteiger partial charge in [0, 0.05) is 4.68 Å². The Hall–Kier alpha value is -1.30. The lowest BCUT2D eigenvalue weighted by molar-refractivity contribution is -0.653. The summed E-state index contributed by atoms with van der Waals surface area (Å²) in [5, 5.41) is 3.48. The number of anilines is 1. The van der Waals surface area contributed by atoms with E-state index in [-0.39, 0.29) is 17.5 Å². The minimum Gasteiger partial charge on any atom is -0.362 e. The Morgan fingerprint density at radius 1 is 1.85 bits per heavy atom. The molecule has 2 N–H and O–H groups in total. The topological polar surface area (TPSA) is 73.0 Å². The highest BCUT2D eigenvalue weighted by Crippen LogP contribution is 2.05. The molecule has 0 spiro atoms. The van der Waals surface area contributed by atoms with Gasteiger partial charge in [0.2, 0.25) is 5.27 Å². The zero-order chi connectivity index (χ0) is 9.84. The van der Waals surface area contributed by atoms with Gasteiger partial charge in [-0.2, -0.15) is 12.6 Å². The molecule has 0 bridgehead atoms. The van der Waals surface area contributed by atoms with Crippen LogP contribution in [0, 0.1) is 0 Å². The van der Waals surface area contributed by atoms with Crippen LogP contribution in [0.1, 0.15) is 10.5 Å². The molecule has 70 valence electrons. The van der Waals surface area contributed by atoms with Gasteiger partial charge in [0.05, 0.1) is 6.42 Å². The van der Waals surface area contributed by atoms with E-state index >= 15 is 0 Å². The monoisotopic (exact) mass is 200 g/mol. The first-order chi connectivity index (χ1) is 6.20. The van der Waals surface area contributed by atoms with Gasteiger partial charge in [-0.1, -0.05) is 6.08 Å². The summed E-state index contributed by atoms with van der Waals surface area (Å²) < 4.78 is 5.76.